The van der Waals surface area contributed by atoms with Crippen LogP contribution in [0.3, 0.4) is 0 Å². The SMILES string of the molecule is CCCN(CCC)c1c(CC)nc2c(-c3ccc(C(C)C)cc3Br)nccn12. The van der Waals surface area contributed by atoms with E-state index in [-0.39, 0.29) is 0 Å². The second kappa shape index (κ2) is 9.08. The van der Waals surface area contributed by atoms with Gasteiger partial charge in [0.2, 0.25) is 0 Å². The molecule has 5 heteroatoms. The van der Waals surface area contributed by atoms with Crippen molar-refractivity contribution in [2.75, 3.05) is 18.0 Å². The van der Waals surface area contributed by atoms with Crippen LogP contribution in [0.1, 0.15) is 64.6 Å². The van der Waals surface area contributed by atoms with Crippen molar-refractivity contribution in [1.29, 1.82) is 0 Å². The van der Waals surface area contributed by atoms with Gasteiger partial charge < -0.3 is 4.90 Å². The van der Waals surface area contributed by atoms with E-state index in [4.69, 9.17) is 9.97 Å². The van der Waals surface area contributed by atoms with E-state index in [0.29, 0.717) is 5.92 Å². The Morgan fingerprint density at radius 3 is 2.39 bits per heavy atom. The highest BCUT2D eigenvalue weighted by molar-refractivity contribution is 9.10. The molecule has 3 aromatic rings. The summed E-state index contributed by atoms with van der Waals surface area (Å²) in [5, 5.41) is 0. The molecule has 0 amide bonds. The highest BCUT2D eigenvalue weighted by Gasteiger charge is 2.20. The summed E-state index contributed by atoms with van der Waals surface area (Å²) < 4.78 is 3.30. The average molecular weight is 443 g/mol. The maximum Gasteiger partial charge on any atom is 0.165 e. The fourth-order valence-corrected chi connectivity index (χ4v) is 4.30. The Labute approximate surface area is 177 Å². The molecule has 0 fully saturated rings. The van der Waals surface area contributed by atoms with Crippen molar-refractivity contribution in [3.8, 4) is 11.3 Å². The summed E-state index contributed by atoms with van der Waals surface area (Å²) in [7, 11) is 0. The van der Waals surface area contributed by atoms with Gasteiger partial charge in [0.25, 0.3) is 0 Å². The number of aryl methyl sites for hydroxylation is 1. The van der Waals surface area contributed by atoms with Crippen molar-refractivity contribution >= 4 is 27.4 Å². The van der Waals surface area contributed by atoms with Crippen molar-refractivity contribution in [3.05, 3.63) is 46.3 Å². The number of hydrogen-bond donors (Lipinski definition) is 0. The number of aromatic nitrogens is 3. The molecule has 3 rings (SSSR count). The molecule has 150 valence electrons. The van der Waals surface area contributed by atoms with Crippen molar-refractivity contribution in [1.82, 2.24) is 14.4 Å². The molecule has 0 aliphatic rings. The van der Waals surface area contributed by atoms with Crippen LogP contribution in [0.4, 0.5) is 5.82 Å². The normalized spacial score (nSPS) is 11.5. The highest BCUT2D eigenvalue weighted by Crippen LogP contribution is 2.34. The molecule has 0 N–H and O–H groups in total. The number of fused-ring (bicyclic) bond motifs is 1. The Bertz CT molecular complexity index is 939. The van der Waals surface area contributed by atoms with E-state index in [0.717, 1.165) is 59.4 Å². The molecule has 28 heavy (non-hydrogen) atoms. The number of benzene rings is 1. The van der Waals surface area contributed by atoms with Crippen LogP contribution < -0.4 is 4.90 Å². The molecule has 0 bridgehead atoms. The fourth-order valence-electron chi connectivity index (χ4n) is 3.72. The lowest BCUT2D eigenvalue weighted by Gasteiger charge is -2.24. The molecule has 4 nitrogen and oxygen atoms in total. The predicted octanol–water partition coefficient (Wildman–Crippen LogP) is 6.47. The van der Waals surface area contributed by atoms with E-state index in [2.05, 4.69) is 84.2 Å². The minimum absolute atomic E-state index is 0.496. The van der Waals surface area contributed by atoms with Crippen LogP contribution in [0.25, 0.3) is 16.9 Å². The van der Waals surface area contributed by atoms with E-state index in [1.54, 1.807) is 0 Å². The van der Waals surface area contributed by atoms with Gasteiger partial charge >= 0.3 is 0 Å². The van der Waals surface area contributed by atoms with Gasteiger partial charge in [-0.2, -0.15) is 0 Å². The first-order valence-corrected chi connectivity index (χ1v) is 11.2. The summed E-state index contributed by atoms with van der Waals surface area (Å²) in [5.74, 6) is 1.72. The maximum atomic E-state index is 5.03. The molecule has 2 aromatic heterocycles. The first-order valence-electron chi connectivity index (χ1n) is 10.4. The summed E-state index contributed by atoms with van der Waals surface area (Å²) in [6.45, 7) is 13.2. The molecule has 0 aliphatic heterocycles. The molecule has 0 atom stereocenters. The van der Waals surface area contributed by atoms with E-state index in [9.17, 15) is 0 Å². The third-order valence-electron chi connectivity index (χ3n) is 5.12. The quantitative estimate of drug-likeness (QED) is 0.400. The van der Waals surface area contributed by atoms with Crippen LogP contribution in [0.15, 0.2) is 35.1 Å². The summed E-state index contributed by atoms with van der Waals surface area (Å²) in [4.78, 5) is 12.2. The van der Waals surface area contributed by atoms with Crippen LogP contribution >= 0.6 is 15.9 Å². The number of halogens is 1. The summed E-state index contributed by atoms with van der Waals surface area (Å²) >= 11 is 3.77. The lowest BCUT2D eigenvalue weighted by atomic mass is 10.0. The third kappa shape index (κ3) is 3.95. The van der Waals surface area contributed by atoms with Crippen molar-refractivity contribution in [2.45, 2.75) is 59.8 Å². The van der Waals surface area contributed by atoms with E-state index in [1.165, 1.54) is 11.4 Å². The Kier molecular flexibility index (Phi) is 6.76. The number of imidazole rings is 1. The molecule has 0 radical (unpaired) electrons. The van der Waals surface area contributed by atoms with Gasteiger partial charge in [-0.1, -0.05) is 62.7 Å². The molecule has 0 aliphatic carbocycles. The van der Waals surface area contributed by atoms with Gasteiger partial charge in [-0.15, -0.1) is 0 Å². The maximum absolute atomic E-state index is 5.03. The van der Waals surface area contributed by atoms with Gasteiger partial charge in [-0.05, 0) is 36.8 Å². The molecule has 0 spiro atoms. The van der Waals surface area contributed by atoms with Crippen LogP contribution in [0.2, 0.25) is 0 Å². The largest absolute Gasteiger partial charge is 0.356 e. The second-order valence-electron chi connectivity index (χ2n) is 7.59. The predicted molar refractivity (Wildman–Crippen MR) is 122 cm³/mol. The number of anilines is 1. The fraction of sp³-hybridized carbons (Fsp3) is 0.478. The van der Waals surface area contributed by atoms with Crippen LogP contribution in [0.5, 0.6) is 0 Å². The Morgan fingerprint density at radius 1 is 1.11 bits per heavy atom. The summed E-state index contributed by atoms with van der Waals surface area (Å²) in [6, 6.07) is 6.56. The molecule has 0 saturated carbocycles. The molecule has 1 aromatic carbocycles. The van der Waals surface area contributed by atoms with E-state index in [1.807, 2.05) is 6.20 Å². The first-order chi connectivity index (χ1) is 13.5. The molecule has 2 heterocycles. The monoisotopic (exact) mass is 442 g/mol. The molecule has 0 unspecified atom stereocenters. The third-order valence-corrected chi connectivity index (χ3v) is 5.78. The zero-order valence-corrected chi connectivity index (χ0v) is 19.3. The van der Waals surface area contributed by atoms with Crippen molar-refractivity contribution in [2.24, 2.45) is 0 Å². The minimum atomic E-state index is 0.496. The molecule has 0 saturated heterocycles. The Balaban J connectivity index is 2.19. The number of hydrogen-bond acceptors (Lipinski definition) is 3. The Hall–Kier alpha value is -1.88. The van der Waals surface area contributed by atoms with Crippen LogP contribution in [-0.4, -0.2) is 27.5 Å². The van der Waals surface area contributed by atoms with Crippen LogP contribution in [-0.2, 0) is 6.42 Å². The number of nitrogens with zero attached hydrogens (tertiary/aromatic N) is 4. The van der Waals surface area contributed by atoms with Gasteiger partial charge in [-0.25, -0.2) is 4.98 Å². The minimum Gasteiger partial charge on any atom is -0.356 e. The summed E-state index contributed by atoms with van der Waals surface area (Å²) in [5.41, 5.74) is 5.42. The zero-order valence-electron chi connectivity index (χ0n) is 17.7. The van der Waals surface area contributed by atoms with Gasteiger partial charge in [0.15, 0.2) is 5.65 Å². The highest BCUT2D eigenvalue weighted by atomic mass is 79.9. The van der Waals surface area contributed by atoms with Gasteiger partial charge in [0.05, 0.1) is 5.69 Å². The average Bonchev–Trinajstić information content (AvgIpc) is 3.06. The van der Waals surface area contributed by atoms with Gasteiger partial charge in [0, 0.05) is 35.5 Å². The first kappa shape index (κ1) is 20.8. The van der Waals surface area contributed by atoms with Crippen LogP contribution in [0, 0.1) is 0 Å². The lowest BCUT2D eigenvalue weighted by molar-refractivity contribution is 0.725. The topological polar surface area (TPSA) is 33.4 Å². The van der Waals surface area contributed by atoms with Crippen molar-refractivity contribution < 1.29 is 0 Å². The van der Waals surface area contributed by atoms with Gasteiger partial charge in [0.1, 0.15) is 11.5 Å². The van der Waals surface area contributed by atoms with Crippen molar-refractivity contribution in [3.63, 3.8) is 0 Å². The lowest BCUT2D eigenvalue weighted by Crippen LogP contribution is -2.27. The molecular formula is C23H31BrN4. The zero-order chi connectivity index (χ0) is 20.3. The second-order valence-corrected chi connectivity index (χ2v) is 8.44. The standard InChI is InChI=1S/C23H31BrN4/c1-6-12-27(13-7-2)23-20(8-3)26-22-21(25-11-14-28(22)23)18-10-9-17(16(4)5)15-19(18)24/h9-11,14-16H,6-8,12-13H2,1-5H3. The molecular weight excluding hydrogens is 412 g/mol. The van der Waals surface area contributed by atoms with E-state index >= 15 is 0 Å². The Morgan fingerprint density at radius 2 is 1.82 bits per heavy atom. The summed E-state index contributed by atoms with van der Waals surface area (Å²) in [6.07, 6.45) is 7.10. The smallest absolute Gasteiger partial charge is 0.165 e. The van der Waals surface area contributed by atoms with Gasteiger partial charge in [-0.3, -0.25) is 9.38 Å². The number of rotatable bonds is 8. The van der Waals surface area contributed by atoms with E-state index < -0.39 is 0 Å².